The maximum Gasteiger partial charge on any atom is 0.387 e. The smallest absolute Gasteiger partial charge is 0.387 e. The Hall–Kier alpha value is -3.08. The van der Waals surface area contributed by atoms with Gasteiger partial charge in [-0.05, 0) is 41.7 Å². The molecule has 0 radical (unpaired) electrons. The first-order valence-electron chi connectivity index (χ1n) is 11.3. The van der Waals surface area contributed by atoms with E-state index in [4.69, 9.17) is 0 Å². The van der Waals surface area contributed by atoms with Gasteiger partial charge >= 0.3 is 6.61 Å². The number of hydrogen-bond acceptors (Lipinski definition) is 3. The first-order valence-corrected chi connectivity index (χ1v) is 11.3. The van der Waals surface area contributed by atoms with Gasteiger partial charge in [-0.2, -0.15) is 8.78 Å². The van der Waals surface area contributed by atoms with Gasteiger partial charge in [0, 0.05) is 18.0 Å². The highest BCUT2D eigenvalue weighted by Crippen LogP contribution is 2.19. The molecule has 0 fully saturated rings. The molecular weight excluding hydrogens is 406 g/mol. The van der Waals surface area contributed by atoms with Gasteiger partial charge in [0.15, 0.2) is 5.82 Å². The third-order valence-electron chi connectivity index (χ3n) is 5.27. The van der Waals surface area contributed by atoms with Gasteiger partial charge in [-0.1, -0.05) is 87.6 Å². The minimum absolute atomic E-state index is 0.152. The number of halogens is 2. The molecule has 0 saturated heterocycles. The molecule has 2 aromatic carbocycles. The maximum atomic E-state index is 12.2. The maximum absolute atomic E-state index is 12.2. The van der Waals surface area contributed by atoms with Gasteiger partial charge in [0.25, 0.3) is 0 Å². The fourth-order valence-corrected chi connectivity index (χ4v) is 3.44. The third kappa shape index (κ3) is 7.88. The summed E-state index contributed by atoms with van der Waals surface area (Å²) in [4.78, 5) is 9.07. The fourth-order valence-electron chi connectivity index (χ4n) is 3.44. The van der Waals surface area contributed by atoms with Crippen LogP contribution in [0.1, 0.15) is 62.1 Å². The van der Waals surface area contributed by atoms with Crippen LogP contribution in [0, 0.1) is 0 Å². The summed E-state index contributed by atoms with van der Waals surface area (Å²) >= 11 is 0. The molecular formula is C27H30F2N2O. The summed E-state index contributed by atoms with van der Waals surface area (Å²) in [5.41, 5.74) is 4.09. The van der Waals surface area contributed by atoms with Gasteiger partial charge < -0.3 is 4.74 Å². The number of unbranched alkanes of at least 4 members (excludes halogenated alkanes) is 5. The van der Waals surface area contributed by atoms with Crippen LogP contribution < -0.4 is 4.74 Å². The molecule has 0 unspecified atom stereocenters. The van der Waals surface area contributed by atoms with Crippen LogP contribution in [0.4, 0.5) is 8.78 Å². The molecule has 0 bridgehead atoms. The lowest BCUT2D eigenvalue weighted by molar-refractivity contribution is -0.0498. The largest absolute Gasteiger partial charge is 0.435 e. The Labute approximate surface area is 189 Å². The van der Waals surface area contributed by atoms with E-state index in [0.717, 1.165) is 28.9 Å². The molecule has 0 aliphatic rings. The molecule has 0 saturated carbocycles. The van der Waals surface area contributed by atoms with Gasteiger partial charge in [0.1, 0.15) is 5.75 Å². The highest BCUT2D eigenvalue weighted by atomic mass is 19.3. The van der Waals surface area contributed by atoms with E-state index in [1.54, 1.807) is 12.1 Å². The van der Waals surface area contributed by atoms with Gasteiger partial charge in [-0.3, -0.25) is 0 Å². The van der Waals surface area contributed by atoms with Crippen molar-refractivity contribution in [1.29, 1.82) is 0 Å². The number of rotatable bonds is 12. The monoisotopic (exact) mass is 436 g/mol. The zero-order valence-corrected chi connectivity index (χ0v) is 18.5. The van der Waals surface area contributed by atoms with Crippen molar-refractivity contribution in [2.45, 2.75) is 58.5 Å². The molecule has 0 atom stereocenters. The summed E-state index contributed by atoms with van der Waals surface area (Å²) in [5.74, 6) is 0.876. The van der Waals surface area contributed by atoms with E-state index in [-0.39, 0.29) is 5.75 Å². The second-order valence-electron chi connectivity index (χ2n) is 7.84. The summed E-state index contributed by atoms with van der Waals surface area (Å²) < 4.78 is 28.8. The van der Waals surface area contributed by atoms with Crippen molar-refractivity contribution in [3.05, 3.63) is 77.6 Å². The van der Waals surface area contributed by atoms with E-state index in [9.17, 15) is 8.78 Å². The number of aryl methyl sites for hydroxylation is 1. The molecule has 32 heavy (non-hydrogen) atoms. The third-order valence-corrected chi connectivity index (χ3v) is 5.27. The molecule has 5 heteroatoms. The quantitative estimate of drug-likeness (QED) is 0.214. The predicted molar refractivity (Wildman–Crippen MR) is 127 cm³/mol. The van der Waals surface area contributed by atoms with Crippen molar-refractivity contribution in [3.8, 4) is 17.1 Å². The molecule has 1 heterocycles. The molecule has 3 rings (SSSR count). The van der Waals surface area contributed by atoms with E-state index in [0.29, 0.717) is 0 Å². The van der Waals surface area contributed by atoms with Gasteiger partial charge in [0.2, 0.25) is 0 Å². The fraction of sp³-hybridized carbons (Fsp3) is 0.333. The highest BCUT2D eigenvalue weighted by molar-refractivity contribution is 5.71. The van der Waals surface area contributed by atoms with Crippen LogP contribution in [0.5, 0.6) is 5.75 Å². The number of alkyl halides is 2. The Morgan fingerprint density at radius 2 is 1.34 bits per heavy atom. The molecule has 0 spiro atoms. The molecule has 168 valence electrons. The second-order valence-corrected chi connectivity index (χ2v) is 7.84. The summed E-state index contributed by atoms with van der Waals surface area (Å²) in [6.07, 6.45) is 16.5. The van der Waals surface area contributed by atoms with Crippen LogP contribution in [0.25, 0.3) is 23.5 Å². The summed E-state index contributed by atoms with van der Waals surface area (Å²) in [5, 5.41) is 0. The van der Waals surface area contributed by atoms with E-state index in [2.05, 4.69) is 21.6 Å². The Bertz CT molecular complexity index is 952. The number of nitrogens with zero attached hydrogens (tertiary/aromatic N) is 2. The summed E-state index contributed by atoms with van der Waals surface area (Å²) in [6, 6.07) is 14.6. The van der Waals surface area contributed by atoms with Crippen LogP contribution in [0.2, 0.25) is 0 Å². The van der Waals surface area contributed by atoms with E-state index < -0.39 is 6.61 Å². The molecule has 1 aromatic heterocycles. The average molecular weight is 437 g/mol. The zero-order valence-electron chi connectivity index (χ0n) is 18.5. The Morgan fingerprint density at radius 3 is 1.94 bits per heavy atom. The van der Waals surface area contributed by atoms with E-state index in [1.807, 2.05) is 48.8 Å². The summed E-state index contributed by atoms with van der Waals surface area (Å²) in [7, 11) is 0. The molecule has 0 N–H and O–H groups in total. The van der Waals surface area contributed by atoms with Crippen molar-refractivity contribution in [3.63, 3.8) is 0 Å². The SMILES string of the molecule is CCCCCCCCc1cnc(-c2ccc(C=Cc3ccc(OC(F)F)cc3)cc2)nc1. The van der Waals surface area contributed by atoms with Crippen LogP contribution in [-0.2, 0) is 6.42 Å². The molecule has 3 aromatic rings. The Balaban J connectivity index is 1.51. The lowest BCUT2D eigenvalue weighted by Gasteiger charge is -2.04. The normalized spacial score (nSPS) is 11.4. The Kier molecular flexibility index (Phi) is 9.36. The van der Waals surface area contributed by atoms with Gasteiger partial charge in [-0.15, -0.1) is 0 Å². The van der Waals surface area contributed by atoms with Crippen LogP contribution in [0.3, 0.4) is 0 Å². The second kappa shape index (κ2) is 12.7. The average Bonchev–Trinajstić information content (AvgIpc) is 2.81. The number of aromatic nitrogens is 2. The lowest BCUT2D eigenvalue weighted by Crippen LogP contribution is -2.01. The zero-order chi connectivity index (χ0) is 22.6. The van der Waals surface area contributed by atoms with Crippen molar-refractivity contribution >= 4 is 12.2 Å². The molecule has 0 amide bonds. The standard InChI is InChI=1S/C27H30F2N2O/c1-2-3-4-5-6-7-8-23-19-30-26(31-20-23)24-15-11-21(12-16-24)9-10-22-13-17-25(18-14-22)32-27(28)29/h9-20,27H,2-8H2,1H3. The highest BCUT2D eigenvalue weighted by Gasteiger charge is 2.04. The van der Waals surface area contributed by atoms with Crippen molar-refractivity contribution in [2.24, 2.45) is 0 Å². The van der Waals surface area contributed by atoms with Crippen molar-refractivity contribution < 1.29 is 13.5 Å². The van der Waals surface area contributed by atoms with E-state index >= 15 is 0 Å². The van der Waals surface area contributed by atoms with Gasteiger partial charge in [0.05, 0.1) is 0 Å². The Morgan fingerprint density at radius 1 is 0.781 bits per heavy atom. The van der Waals surface area contributed by atoms with Crippen LogP contribution >= 0.6 is 0 Å². The number of hydrogen-bond donors (Lipinski definition) is 0. The minimum Gasteiger partial charge on any atom is -0.435 e. The van der Waals surface area contributed by atoms with Crippen LogP contribution in [-0.4, -0.2) is 16.6 Å². The minimum atomic E-state index is -2.81. The van der Waals surface area contributed by atoms with Crippen molar-refractivity contribution in [2.75, 3.05) is 0 Å². The molecule has 0 aliphatic heterocycles. The van der Waals surface area contributed by atoms with E-state index in [1.165, 1.54) is 56.2 Å². The van der Waals surface area contributed by atoms with Crippen molar-refractivity contribution in [1.82, 2.24) is 9.97 Å². The van der Waals surface area contributed by atoms with Crippen LogP contribution in [0.15, 0.2) is 60.9 Å². The lowest BCUT2D eigenvalue weighted by atomic mass is 10.1. The first kappa shape index (κ1) is 23.6. The molecule has 3 nitrogen and oxygen atoms in total. The number of benzene rings is 2. The topological polar surface area (TPSA) is 35.0 Å². The summed E-state index contributed by atoms with van der Waals surface area (Å²) in [6.45, 7) is -0.572. The molecule has 0 aliphatic carbocycles. The number of ether oxygens (including phenoxy) is 1. The predicted octanol–water partition coefficient (Wildman–Crippen LogP) is 7.82. The van der Waals surface area contributed by atoms with Gasteiger partial charge in [-0.25, -0.2) is 9.97 Å². The first-order chi connectivity index (χ1) is 15.6.